The molecule has 1 rings (SSSR count). The number of aliphatic hydroxyl groups excluding tert-OH is 2. The van der Waals surface area contributed by atoms with Crippen LogP contribution in [-0.2, 0) is 16.0 Å². The summed E-state index contributed by atoms with van der Waals surface area (Å²) in [5, 5.41) is 28.5. The number of carbonyl (C=O) groups is 2. The number of aliphatic carboxylic acids is 1. The summed E-state index contributed by atoms with van der Waals surface area (Å²) in [5.74, 6) is -0.574. The van der Waals surface area contributed by atoms with Crippen molar-refractivity contribution in [2.24, 2.45) is 0 Å². The van der Waals surface area contributed by atoms with Crippen molar-refractivity contribution in [3.05, 3.63) is 29.3 Å². The van der Waals surface area contributed by atoms with E-state index >= 15 is 0 Å². The molecule has 21 heavy (non-hydrogen) atoms. The number of hydrogen-bond donors (Lipinski definition) is 3. The Morgan fingerprint density at radius 1 is 1.33 bits per heavy atom. The van der Waals surface area contributed by atoms with E-state index in [4.69, 9.17) is 9.84 Å². The lowest BCUT2D eigenvalue weighted by Gasteiger charge is -2.18. The van der Waals surface area contributed by atoms with Gasteiger partial charge in [-0.05, 0) is 11.6 Å². The summed E-state index contributed by atoms with van der Waals surface area (Å²) in [6, 6.07) is 4.56. The van der Waals surface area contributed by atoms with Gasteiger partial charge in [0.25, 0.3) is 0 Å². The summed E-state index contributed by atoms with van der Waals surface area (Å²) in [5.41, 5.74) is 0.881. The zero-order chi connectivity index (χ0) is 16.0. The molecule has 0 aliphatic heterocycles. The van der Waals surface area contributed by atoms with Crippen molar-refractivity contribution in [1.29, 1.82) is 0 Å². The molecule has 116 valence electrons. The van der Waals surface area contributed by atoms with Gasteiger partial charge in [-0.25, -0.2) is 0 Å². The molecular formula is C14H18O6S. The number of methoxy groups -OCH3 is 1. The summed E-state index contributed by atoms with van der Waals surface area (Å²) in [4.78, 5) is 21.6. The Balaban J connectivity index is 2.87. The Morgan fingerprint density at radius 3 is 2.52 bits per heavy atom. The molecule has 0 aliphatic rings. The van der Waals surface area contributed by atoms with Gasteiger partial charge in [0.1, 0.15) is 11.9 Å². The number of benzene rings is 1. The lowest BCUT2D eigenvalue weighted by Crippen LogP contribution is -2.21. The first kappa shape index (κ1) is 17.5. The molecule has 0 saturated carbocycles. The average Bonchev–Trinajstić information content (AvgIpc) is 2.43. The SMILES string of the molecule is COc1cc(C(O)C(O)CSC(C)=O)ccc1CC(=O)O. The standard InChI is InChI=1S/C14H18O6S/c1-8(15)21-7-11(16)14(19)10-4-3-9(6-13(17)18)12(5-10)20-2/h3-5,11,14,16,19H,6-7H2,1-2H3,(H,17,18). The van der Waals surface area contributed by atoms with Gasteiger partial charge in [0.2, 0.25) is 0 Å². The second-order valence-electron chi connectivity index (χ2n) is 4.46. The Kier molecular flexibility index (Phi) is 6.67. The van der Waals surface area contributed by atoms with Crippen molar-refractivity contribution >= 4 is 22.8 Å². The van der Waals surface area contributed by atoms with Crippen molar-refractivity contribution in [3.63, 3.8) is 0 Å². The van der Waals surface area contributed by atoms with E-state index in [1.165, 1.54) is 32.2 Å². The monoisotopic (exact) mass is 314 g/mol. The molecule has 0 bridgehead atoms. The van der Waals surface area contributed by atoms with Crippen LogP contribution in [0.3, 0.4) is 0 Å². The van der Waals surface area contributed by atoms with Crippen LogP contribution >= 0.6 is 11.8 Å². The van der Waals surface area contributed by atoms with Gasteiger partial charge in [0, 0.05) is 18.2 Å². The molecule has 0 saturated heterocycles. The molecule has 0 aromatic heterocycles. The van der Waals surface area contributed by atoms with Crippen LogP contribution in [0, 0.1) is 0 Å². The number of rotatable bonds is 7. The molecule has 0 aliphatic carbocycles. The number of carbonyl (C=O) groups excluding carboxylic acids is 1. The van der Waals surface area contributed by atoms with Crippen LogP contribution in [0.5, 0.6) is 5.75 Å². The maximum Gasteiger partial charge on any atom is 0.307 e. The number of ether oxygens (including phenoxy) is 1. The minimum Gasteiger partial charge on any atom is -0.496 e. The van der Waals surface area contributed by atoms with Crippen molar-refractivity contribution < 1.29 is 29.6 Å². The lowest BCUT2D eigenvalue weighted by molar-refractivity contribution is -0.136. The first-order valence-corrected chi connectivity index (χ1v) is 7.21. The van der Waals surface area contributed by atoms with Crippen molar-refractivity contribution in [3.8, 4) is 5.75 Å². The minimum atomic E-state index is -1.18. The van der Waals surface area contributed by atoms with Gasteiger partial charge < -0.3 is 20.1 Å². The molecule has 3 N–H and O–H groups in total. The van der Waals surface area contributed by atoms with Crippen LogP contribution in [0.1, 0.15) is 24.2 Å². The maximum atomic E-state index is 10.8. The fourth-order valence-electron chi connectivity index (χ4n) is 1.77. The first-order valence-electron chi connectivity index (χ1n) is 6.23. The molecule has 1 aromatic carbocycles. The topological polar surface area (TPSA) is 104 Å². The minimum absolute atomic E-state index is 0.0791. The quantitative estimate of drug-likeness (QED) is 0.689. The molecule has 0 spiro atoms. The van der Waals surface area contributed by atoms with Crippen LogP contribution in [0.4, 0.5) is 0 Å². The number of aliphatic hydroxyl groups is 2. The van der Waals surface area contributed by atoms with Crippen LogP contribution in [0.15, 0.2) is 18.2 Å². The average molecular weight is 314 g/mol. The van der Waals surface area contributed by atoms with Crippen molar-refractivity contribution in [2.45, 2.75) is 25.6 Å². The van der Waals surface area contributed by atoms with E-state index in [-0.39, 0.29) is 17.3 Å². The van der Waals surface area contributed by atoms with Gasteiger partial charge >= 0.3 is 5.97 Å². The van der Waals surface area contributed by atoms with Crippen molar-refractivity contribution in [2.75, 3.05) is 12.9 Å². The zero-order valence-electron chi connectivity index (χ0n) is 11.8. The molecule has 0 radical (unpaired) electrons. The molecule has 0 fully saturated rings. The van der Waals surface area contributed by atoms with Gasteiger partial charge in [-0.1, -0.05) is 23.9 Å². The molecule has 1 aromatic rings. The highest BCUT2D eigenvalue weighted by Gasteiger charge is 2.20. The Bertz CT molecular complexity index is 516. The van der Waals surface area contributed by atoms with Crippen LogP contribution in [-0.4, -0.2) is 45.4 Å². The third kappa shape index (κ3) is 5.37. The van der Waals surface area contributed by atoms with Gasteiger partial charge in [-0.2, -0.15) is 0 Å². The zero-order valence-corrected chi connectivity index (χ0v) is 12.6. The van der Waals surface area contributed by atoms with E-state index < -0.39 is 18.2 Å². The molecular weight excluding hydrogens is 296 g/mol. The predicted octanol–water partition coefficient (Wildman–Crippen LogP) is 0.996. The third-order valence-electron chi connectivity index (χ3n) is 2.82. The summed E-state index contributed by atoms with van der Waals surface area (Å²) in [6.45, 7) is 1.38. The van der Waals surface area contributed by atoms with Gasteiger partial charge in [-0.3, -0.25) is 9.59 Å². The van der Waals surface area contributed by atoms with E-state index in [1.807, 2.05) is 0 Å². The van der Waals surface area contributed by atoms with Crippen LogP contribution < -0.4 is 4.74 Å². The summed E-state index contributed by atoms with van der Waals surface area (Å²) < 4.78 is 5.10. The number of carboxylic acids is 1. The second kappa shape index (κ2) is 8.02. The molecule has 0 heterocycles. The normalized spacial score (nSPS) is 13.5. The molecule has 0 amide bonds. The highest BCUT2D eigenvalue weighted by molar-refractivity contribution is 8.13. The van der Waals surface area contributed by atoms with Gasteiger partial charge in [-0.15, -0.1) is 0 Å². The van der Waals surface area contributed by atoms with E-state index in [2.05, 4.69) is 0 Å². The van der Waals surface area contributed by atoms with Crippen molar-refractivity contribution in [1.82, 2.24) is 0 Å². The summed E-state index contributed by atoms with van der Waals surface area (Å²) in [6.07, 6.45) is -2.47. The largest absolute Gasteiger partial charge is 0.496 e. The summed E-state index contributed by atoms with van der Waals surface area (Å²) >= 11 is 0.926. The smallest absolute Gasteiger partial charge is 0.307 e. The summed E-state index contributed by atoms with van der Waals surface area (Å²) in [7, 11) is 1.40. The van der Waals surface area contributed by atoms with Gasteiger partial charge in [0.15, 0.2) is 5.12 Å². The molecule has 2 unspecified atom stereocenters. The second-order valence-corrected chi connectivity index (χ2v) is 5.65. The Labute approximate surface area is 126 Å². The highest BCUT2D eigenvalue weighted by Crippen LogP contribution is 2.27. The predicted molar refractivity (Wildman–Crippen MR) is 78.4 cm³/mol. The molecule has 6 nitrogen and oxygen atoms in total. The lowest BCUT2D eigenvalue weighted by atomic mass is 10.0. The Morgan fingerprint density at radius 2 is 2.00 bits per heavy atom. The third-order valence-corrected chi connectivity index (χ3v) is 3.73. The molecule has 2 atom stereocenters. The number of carboxylic acid groups (broad SMARTS) is 1. The number of thioether (sulfide) groups is 1. The van der Waals surface area contributed by atoms with Crippen LogP contribution in [0.2, 0.25) is 0 Å². The fraction of sp³-hybridized carbons (Fsp3) is 0.429. The number of hydrogen-bond acceptors (Lipinski definition) is 6. The van der Waals surface area contributed by atoms with Crippen LogP contribution in [0.25, 0.3) is 0 Å². The van der Waals surface area contributed by atoms with E-state index in [0.717, 1.165) is 11.8 Å². The Hall–Kier alpha value is -1.57. The van der Waals surface area contributed by atoms with E-state index in [1.54, 1.807) is 0 Å². The maximum absolute atomic E-state index is 10.8. The fourth-order valence-corrected chi connectivity index (χ4v) is 2.36. The van der Waals surface area contributed by atoms with Gasteiger partial charge in [0.05, 0.1) is 19.6 Å². The first-order chi connectivity index (χ1) is 9.85. The molecule has 7 heteroatoms. The van der Waals surface area contributed by atoms with E-state index in [0.29, 0.717) is 16.9 Å². The highest BCUT2D eigenvalue weighted by atomic mass is 32.2. The van der Waals surface area contributed by atoms with E-state index in [9.17, 15) is 19.8 Å².